The Morgan fingerprint density at radius 3 is 2.33 bits per heavy atom. The molecule has 10 heteroatoms. The highest BCUT2D eigenvalue weighted by atomic mass is 19.4. The Morgan fingerprint density at radius 1 is 1.03 bits per heavy atom. The Kier molecular flexibility index (Phi) is 6.13. The van der Waals surface area contributed by atoms with Crippen LogP contribution in [0.1, 0.15) is 50.1 Å². The molecule has 4 rings (SSSR count). The molecule has 1 aromatic heterocycles. The number of alkyl halides is 5. The van der Waals surface area contributed by atoms with Crippen molar-refractivity contribution in [1.82, 2.24) is 4.98 Å². The molecule has 1 amide bonds. The maximum Gasteiger partial charge on any atom is 0.391 e. The number of aromatic nitrogens is 1. The molecule has 33 heavy (non-hydrogen) atoms. The molecule has 1 aromatic carbocycles. The first-order chi connectivity index (χ1) is 15.4. The van der Waals surface area contributed by atoms with Gasteiger partial charge in [-0.05, 0) is 49.9 Å². The molecule has 3 nitrogen and oxygen atoms in total. The zero-order valence-electron chi connectivity index (χ0n) is 17.4. The van der Waals surface area contributed by atoms with Gasteiger partial charge in [0.15, 0.2) is 0 Å². The minimum atomic E-state index is -4.39. The van der Waals surface area contributed by atoms with Gasteiger partial charge in [0.1, 0.15) is 11.6 Å². The Hall–Kier alpha value is -2.65. The lowest BCUT2D eigenvalue weighted by Crippen LogP contribution is -2.41. The Morgan fingerprint density at radius 2 is 1.70 bits per heavy atom. The average molecular weight is 474 g/mol. The van der Waals surface area contributed by atoms with Crippen molar-refractivity contribution >= 4 is 11.6 Å². The molecule has 2 saturated carbocycles. The van der Waals surface area contributed by atoms with E-state index >= 15 is 0 Å². The van der Waals surface area contributed by atoms with Crippen molar-refractivity contribution in [1.29, 1.82) is 0 Å². The van der Waals surface area contributed by atoms with Crippen LogP contribution in [0.25, 0.3) is 11.1 Å². The van der Waals surface area contributed by atoms with Crippen molar-refractivity contribution in [2.45, 2.75) is 56.5 Å². The van der Waals surface area contributed by atoms with Crippen LogP contribution in [0.4, 0.5) is 36.4 Å². The fourth-order valence-corrected chi connectivity index (χ4v) is 4.49. The molecule has 1 heterocycles. The number of halogens is 7. The molecular weight excluding hydrogens is 453 g/mol. The van der Waals surface area contributed by atoms with Crippen molar-refractivity contribution in [2.24, 2.45) is 11.8 Å². The highest BCUT2D eigenvalue weighted by molar-refractivity contribution is 5.98. The summed E-state index contributed by atoms with van der Waals surface area (Å²) < 4.78 is 94.2. The summed E-state index contributed by atoms with van der Waals surface area (Å²) in [5.74, 6) is -7.95. The van der Waals surface area contributed by atoms with Crippen molar-refractivity contribution in [3.8, 4) is 11.1 Å². The highest BCUT2D eigenvalue weighted by Crippen LogP contribution is 2.47. The van der Waals surface area contributed by atoms with Crippen LogP contribution in [0.3, 0.4) is 0 Å². The number of nitrogens with zero attached hydrogens (tertiary/aromatic N) is 1. The van der Waals surface area contributed by atoms with Gasteiger partial charge >= 0.3 is 6.18 Å². The lowest BCUT2D eigenvalue weighted by Gasteiger charge is -2.36. The zero-order valence-corrected chi connectivity index (χ0v) is 17.4. The van der Waals surface area contributed by atoms with Gasteiger partial charge in [-0.1, -0.05) is 0 Å². The highest BCUT2D eigenvalue weighted by Gasteiger charge is 2.50. The van der Waals surface area contributed by atoms with E-state index < -0.39 is 47.4 Å². The fourth-order valence-electron chi connectivity index (χ4n) is 4.49. The summed E-state index contributed by atoms with van der Waals surface area (Å²) >= 11 is 0. The van der Waals surface area contributed by atoms with Crippen molar-refractivity contribution in [3.05, 3.63) is 47.8 Å². The van der Waals surface area contributed by atoms with Crippen LogP contribution in [0.15, 0.2) is 30.5 Å². The first-order valence-corrected chi connectivity index (χ1v) is 10.6. The molecule has 178 valence electrons. The Labute approximate surface area is 185 Å². The van der Waals surface area contributed by atoms with E-state index in [-0.39, 0.29) is 61.0 Å². The normalized spacial score (nSPS) is 23.1. The van der Waals surface area contributed by atoms with Gasteiger partial charge in [-0.15, -0.1) is 0 Å². The largest absolute Gasteiger partial charge is 0.391 e. The summed E-state index contributed by atoms with van der Waals surface area (Å²) in [6.45, 7) is 0. The van der Waals surface area contributed by atoms with Gasteiger partial charge in [0, 0.05) is 42.0 Å². The van der Waals surface area contributed by atoms with E-state index in [1.165, 1.54) is 12.3 Å². The molecule has 2 aromatic rings. The predicted octanol–water partition coefficient (Wildman–Crippen LogP) is 6.85. The molecule has 1 N–H and O–H groups in total. The summed E-state index contributed by atoms with van der Waals surface area (Å²) in [6.07, 6.45) is -4.45. The second-order valence-corrected chi connectivity index (χ2v) is 8.77. The van der Waals surface area contributed by atoms with E-state index in [1.807, 2.05) is 0 Å². The molecule has 0 radical (unpaired) electrons. The van der Waals surface area contributed by atoms with Crippen LogP contribution in [0.5, 0.6) is 0 Å². The van der Waals surface area contributed by atoms with Gasteiger partial charge in [0.2, 0.25) is 11.8 Å². The van der Waals surface area contributed by atoms with E-state index in [0.717, 1.165) is 18.2 Å². The smallest absolute Gasteiger partial charge is 0.324 e. The van der Waals surface area contributed by atoms with Crippen LogP contribution in [-0.2, 0) is 4.79 Å². The van der Waals surface area contributed by atoms with E-state index in [0.29, 0.717) is 0 Å². The molecule has 0 aliphatic heterocycles. The summed E-state index contributed by atoms with van der Waals surface area (Å²) in [7, 11) is 0. The lowest BCUT2D eigenvalue weighted by atomic mass is 9.74. The van der Waals surface area contributed by atoms with Gasteiger partial charge in [-0.3, -0.25) is 9.78 Å². The summed E-state index contributed by atoms with van der Waals surface area (Å²) in [4.78, 5) is 17.0. The summed E-state index contributed by atoms with van der Waals surface area (Å²) in [6, 6.07) is 4.13. The number of hydrogen-bond acceptors (Lipinski definition) is 2. The monoisotopic (exact) mass is 474 g/mol. The van der Waals surface area contributed by atoms with Crippen molar-refractivity contribution < 1.29 is 35.5 Å². The molecule has 2 aliphatic carbocycles. The predicted molar refractivity (Wildman–Crippen MR) is 107 cm³/mol. The molecule has 2 fully saturated rings. The van der Waals surface area contributed by atoms with Crippen LogP contribution < -0.4 is 5.32 Å². The standard InChI is InChI=1S/C23H21F7N2O/c24-15-1-2-18(25)17(11-15)16-5-8-31-19(12-3-6-22(26,27)7-4-12)20(16)32-21(33)13-9-14(10-13)23(28,29)30/h1-2,5,8,11-14H,3-4,6-7,9-10H2,(H,32,33). The number of nitrogens with one attached hydrogen (secondary N) is 1. The van der Waals surface area contributed by atoms with Crippen molar-refractivity contribution in [2.75, 3.05) is 5.32 Å². The van der Waals surface area contributed by atoms with E-state index in [2.05, 4.69) is 10.3 Å². The SMILES string of the molecule is O=C(Nc1c(-c2cc(F)ccc2F)ccnc1C1CCC(F)(F)CC1)C1CC(C(F)(F)F)C1. The van der Waals surface area contributed by atoms with Crippen LogP contribution >= 0.6 is 0 Å². The molecule has 0 bridgehead atoms. The summed E-state index contributed by atoms with van der Waals surface area (Å²) in [5, 5.41) is 2.57. The molecule has 2 aliphatic rings. The quantitative estimate of drug-likeness (QED) is 0.493. The fraction of sp³-hybridized carbons (Fsp3) is 0.478. The molecular formula is C23H21F7N2O. The summed E-state index contributed by atoms with van der Waals surface area (Å²) in [5.41, 5.74) is 0.190. The Bertz CT molecular complexity index is 1040. The topological polar surface area (TPSA) is 42.0 Å². The van der Waals surface area contributed by atoms with Gasteiger partial charge in [0.05, 0.1) is 17.3 Å². The lowest BCUT2D eigenvalue weighted by molar-refractivity contribution is -0.203. The number of benzene rings is 1. The van der Waals surface area contributed by atoms with Crippen LogP contribution in [-0.4, -0.2) is 23.0 Å². The first-order valence-electron chi connectivity index (χ1n) is 10.6. The van der Waals surface area contributed by atoms with Crippen LogP contribution in [0, 0.1) is 23.5 Å². The van der Waals surface area contributed by atoms with Gasteiger partial charge in [-0.2, -0.15) is 13.2 Å². The van der Waals surface area contributed by atoms with Gasteiger partial charge in [0.25, 0.3) is 0 Å². The molecule has 0 spiro atoms. The minimum absolute atomic E-state index is 0.0256. The second-order valence-electron chi connectivity index (χ2n) is 8.77. The molecule has 0 unspecified atom stereocenters. The third-order valence-corrected chi connectivity index (χ3v) is 6.52. The number of carbonyl (C=O) groups is 1. The number of pyridine rings is 1. The Balaban J connectivity index is 1.68. The molecule has 0 saturated heterocycles. The maximum atomic E-state index is 14.5. The molecule has 0 atom stereocenters. The number of hydrogen-bond donors (Lipinski definition) is 1. The minimum Gasteiger partial charge on any atom is -0.324 e. The van der Waals surface area contributed by atoms with Crippen molar-refractivity contribution in [3.63, 3.8) is 0 Å². The van der Waals surface area contributed by atoms with E-state index in [1.54, 1.807) is 0 Å². The van der Waals surface area contributed by atoms with E-state index in [4.69, 9.17) is 0 Å². The van der Waals surface area contributed by atoms with E-state index in [9.17, 15) is 35.5 Å². The third kappa shape index (κ3) is 4.99. The number of carbonyl (C=O) groups excluding carboxylic acids is 1. The number of amides is 1. The maximum absolute atomic E-state index is 14.5. The number of anilines is 1. The number of rotatable bonds is 4. The zero-order chi connectivity index (χ0) is 24.0. The average Bonchev–Trinajstić information content (AvgIpc) is 2.68. The van der Waals surface area contributed by atoms with Crippen LogP contribution in [0.2, 0.25) is 0 Å². The second kappa shape index (κ2) is 8.61. The van der Waals surface area contributed by atoms with Gasteiger partial charge < -0.3 is 5.32 Å². The van der Waals surface area contributed by atoms with Gasteiger partial charge in [-0.25, -0.2) is 17.6 Å². The third-order valence-electron chi connectivity index (χ3n) is 6.52. The first kappa shape index (κ1) is 23.5.